The number of nitrogens with one attached hydrogen (secondary N) is 1. The molecule has 1 heterocycles. The predicted molar refractivity (Wildman–Crippen MR) is 75.6 cm³/mol. The lowest BCUT2D eigenvalue weighted by Gasteiger charge is -2.27. The molecule has 0 aromatic heterocycles. The molecule has 0 spiro atoms. The summed E-state index contributed by atoms with van der Waals surface area (Å²) in [5.41, 5.74) is 0. The Morgan fingerprint density at radius 1 is 1.00 bits per heavy atom. The van der Waals surface area contributed by atoms with Crippen LogP contribution in [0.4, 0.5) is 0 Å². The molecule has 1 aliphatic heterocycles. The van der Waals surface area contributed by atoms with E-state index >= 15 is 0 Å². The minimum Gasteiger partial charge on any atom is -0.314 e. The van der Waals surface area contributed by atoms with Crippen LogP contribution in [0.3, 0.4) is 0 Å². The van der Waals surface area contributed by atoms with Crippen LogP contribution < -0.4 is 5.32 Å². The van der Waals surface area contributed by atoms with E-state index in [1.807, 2.05) is 0 Å². The van der Waals surface area contributed by atoms with Crippen LogP contribution in [0, 0.1) is 0 Å². The lowest BCUT2D eigenvalue weighted by molar-refractivity contribution is 0.229. The van der Waals surface area contributed by atoms with Crippen LogP contribution in [-0.2, 0) is 0 Å². The Morgan fingerprint density at radius 2 is 1.65 bits per heavy atom. The van der Waals surface area contributed by atoms with Crippen molar-refractivity contribution < 1.29 is 0 Å². The van der Waals surface area contributed by atoms with Gasteiger partial charge in [-0.25, -0.2) is 0 Å². The van der Waals surface area contributed by atoms with Crippen LogP contribution in [0.2, 0.25) is 0 Å². The first-order valence-electron chi connectivity index (χ1n) is 7.44. The highest BCUT2D eigenvalue weighted by Gasteiger charge is 2.08. The maximum Gasteiger partial charge on any atom is 0.0107 e. The summed E-state index contributed by atoms with van der Waals surface area (Å²) in [6.07, 6.45) is 6.79. The molecule has 1 aliphatic rings. The van der Waals surface area contributed by atoms with Crippen LogP contribution in [0.25, 0.3) is 0 Å². The predicted octanol–water partition coefficient (Wildman–Crippen LogP) is 1.79. The summed E-state index contributed by atoms with van der Waals surface area (Å²) in [6.45, 7) is 11.0. The van der Waals surface area contributed by atoms with E-state index in [0.29, 0.717) is 0 Å². The van der Waals surface area contributed by atoms with Crippen molar-refractivity contribution in [1.82, 2.24) is 15.1 Å². The number of hydrogen-bond acceptors (Lipinski definition) is 3. The van der Waals surface area contributed by atoms with E-state index in [4.69, 9.17) is 0 Å². The van der Waals surface area contributed by atoms with Crippen LogP contribution in [0.1, 0.15) is 39.0 Å². The summed E-state index contributed by atoms with van der Waals surface area (Å²) in [7, 11) is 2.26. The molecule has 0 atom stereocenters. The molecule has 0 unspecified atom stereocenters. The fourth-order valence-electron chi connectivity index (χ4n) is 2.40. The van der Waals surface area contributed by atoms with Gasteiger partial charge in [-0.05, 0) is 45.9 Å². The van der Waals surface area contributed by atoms with Gasteiger partial charge in [0.05, 0.1) is 0 Å². The highest BCUT2D eigenvalue weighted by molar-refractivity contribution is 4.67. The zero-order chi connectivity index (χ0) is 12.3. The summed E-state index contributed by atoms with van der Waals surface area (Å²) < 4.78 is 0. The van der Waals surface area contributed by atoms with Gasteiger partial charge in [0.1, 0.15) is 0 Å². The van der Waals surface area contributed by atoms with Gasteiger partial charge in [0.15, 0.2) is 0 Å². The zero-order valence-corrected chi connectivity index (χ0v) is 11.9. The SMILES string of the molecule is CCCCCN(C)CCCCN1CCNCC1. The largest absolute Gasteiger partial charge is 0.314 e. The van der Waals surface area contributed by atoms with Crippen molar-refractivity contribution >= 4 is 0 Å². The Labute approximate surface area is 108 Å². The van der Waals surface area contributed by atoms with Crippen molar-refractivity contribution in [2.45, 2.75) is 39.0 Å². The third-order valence-electron chi connectivity index (χ3n) is 3.62. The minimum absolute atomic E-state index is 1.18. The molecular formula is C14H31N3. The Bertz CT molecular complexity index is 167. The third-order valence-corrected chi connectivity index (χ3v) is 3.62. The Hall–Kier alpha value is -0.120. The van der Waals surface area contributed by atoms with Gasteiger partial charge < -0.3 is 15.1 Å². The third kappa shape index (κ3) is 7.74. The zero-order valence-electron chi connectivity index (χ0n) is 11.9. The maximum absolute atomic E-state index is 3.40. The molecule has 3 nitrogen and oxygen atoms in total. The van der Waals surface area contributed by atoms with E-state index in [9.17, 15) is 0 Å². The van der Waals surface area contributed by atoms with Gasteiger partial charge in [-0.15, -0.1) is 0 Å². The van der Waals surface area contributed by atoms with E-state index in [2.05, 4.69) is 29.1 Å². The van der Waals surface area contributed by atoms with Gasteiger partial charge in [-0.3, -0.25) is 0 Å². The maximum atomic E-state index is 3.40. The van der Waals surface area contributed by atoms with E-state index in [0.717, 1.165) is 0 Å². The molecule has 0 amide bonds. The quantitative estimate of drug-likeness (QED) is 0.621. The Morgan fingerprint density at radius 3 is 2.29 bits per heavy atom. The van der Waals surface area contributed by atoms with Gasteiger partial charge >= 0.3 is 0 Å². The standard InChI is InChI=1S/C14H31N3/c1-3-4-5-10-16(2)11-6-7-12-17-13-8-15-9-14-17/h15H,3-14H2,1-2H3. The molecule has 0 saturated carbocycles. The van der Waals surface area contributed by atoms with Crippen molar-refractivity contribution in [3.05, 3.63) is 0 Å². The summed E-state index contributed by atoms with van der Waals surface area (Å²) in [5.74, 6) is 0. The summed E-state index contributed by atoms with van der Waals surface area (Å²) in [6, 6.07) is 0. The molecule has 17 heavy (non-hydrogen) atoms. The Balaban J connectivity index is 1.88. The smallest absolute Gasteiger partial charge is 0.0107 e. The van der Waals surface area contributed by atoms with Gasteiger partial charge in [0.2, 0.25) is 0 Å². The van der Waals surface area contributed by atoms with Gasteiger partial charge in [0, 0.05) is 26.2 Å². The van der Waals surface area contributed by atoms with Crippen LogP contribution in [0.15, 0.2) is 0 Å². The van der Waals surface area contributed by atoms with Gasteiger partial charge in [-0.1, -0.05) is 19.8 Å². The molecule has 0 aromatic carbocycles. The van der Waals surface area contributed by atoms with Crippen molar-refractivity contribution in [1.29, 1.82) is 0 Å². The van der Waals surface area contributed by atoms with Crippen molar-refractivity contribution in [2.24, 2.45) is 0 Å². The lowest BCUT2D eigenvalue weighted by atomic mass is 10.2. The van der Waals surface area contributed by atoms with Crippen molar-refractivity contribution in [2.75, 3.05) is 52.9 Å². The normalized spacial score (nSPS) is 17.8. The summed E-state index contributed by atoms with van der Waals surface area (Å²) in [4.78, 5) is 5.08. The molecule has 0 aromatic rings. The number of rotatable bonds is 9. The van der Waals surface area contributed by atoms with Crippen LogP contribution >= 0.6 is 0 Å². The van der Waals surface area contributed by atoms with Crippen LogP contribution in [0.5, 0.6) is 0 Å². The molecule has 1 N–H and O–H groups in total. The lowest BCUT2D eigenvalue weighted by Crippen LogP contribution is -2.43. The van der Waals surface area contributed by atoms with E-state index in [1.54, 1.807) is 0 Å². The minimum atomic E-state index is 1.18. The molecular weight excluding hydrogens is 210 g/mol. The van der Waals surface area contributed by atoms with Gasteiger partial charge in [-0.2, -0.15) is 0 Å². The first-order chi connectivity index (χ1) is 8.33. The van der Waals surface area contributed by atoms with E-state index in [-0.39, 0.29) is 0 Å². The fraction of sp³-hybridized carbons (Fsp3) is 1.00. The second-order valence-corrected chi connectivity index (χ2v) is 5.31. The fourth-order valence-corrected chi connectivity index (χ4v) is 2.40. The first kappa shape index (κ1) is 14.9. The topological polar surface area (TPSA) is 18.5 Å². The molecule has 1 rings (SSSR count). The second-order valence-electron chi connectivity index (χ2n) is 5.31. The van der Waals surface area contributed by atoms with E-state index in [1.165, 1.54) is 77.9 Å². The highest BCUT2D eigenvalue weighted by Crippen LogP contribution is 2.01. The molecule has 102 valence electrons. The van der Waals surface area contributed by atoms with Crippen molar-refractivity contribution in [3.63, 3.8) is 0 Å². The van der Waals surface area contributed by atoms with Crippen LogP contribution in [-0.4, -0.2) is 62.7 Å². The highest BCUT2D eigenvalue weighted by atomic mass is 15.2. The summed E-state index contributed by atoms with van der Waals surface area (Å²) in [5, 5.41) is 3.40. The van der Waals surface area contributed by atoms with Gasteiger partial charge in [0.25, 0.3) is 0 Å². The molecule has 3 heteroatoms. The number of piperazine rings is 1. The van der Waals surface area contributed by atoms with Crippen molar-refractivity contribution in [3.8, 4) is 0 Å². The second kappa shape index (κ2) is 9.86. The average Bonchev–Trinajstić information content (AvgIpc) is 2.36. The number of hydrogen-bond donors (Lipinski definition) is 1. The molecule has 0 bridgehead atoms. The number of nitrogens with zero attached hydrogens (tertiary/aromatic N) is 2. The molecule has 0 aliphatic carbocycles. The summed E-state index contributed by atoms with van der Waals surface area (Å²) >= 11 is 0. The molecule has 1 fully saturated rings. The monoisotopic (exact) mass is 241 g/mol. The molecule has 1 saturated heterocycles. The average molecular weight is 241 g/mol. The van der Waals surface area contributed by atoms with E-state index < -0.39 is 0 Å². The molecule has 0 radical (unpaired) electrons. The Kier molecular flexibility index (Phi) is 8.67. The number of unbranched alkanes of at least 4 members (excludes halogenated alkanes) is 3. The first-order valence-corrected chi connectivity index (χ1v) is 7.44.